The van der Waals surface area contributed by atoms with E-state index in [-0.39, 0.29) is 11.9 Å². The largest absolute Gasteiger partial charge is 0.364 e. The zero-order chi connectivity index (χ0) is 13.0. The molecule has 96 valence electrons. The SMILES string of the molecule is C[C@@H](c1ccon1)N(C)C(=O)CCn1cncn1. The summed E-state index contributed by atoms with van der Waals surface area (Å²) in [6.07, 6.45) is 4.92. The Bertz CT molecular complexity index is 480. The number of nitrogens with zero attached hydrogens (tertiary/aromatic N) is 5. The molecule has 18 heavy (non-hydrogen) atoms. The zero-order valence-electron chi connectivity index (χ0n) is 10.4. The Morgan fingerprint density at radius 1 is 1.61 bits per heavy atom. The molecule has 0 bridgehead atoms. The highest BCUT2D eigenvalue weighted by Crippen LogP contribution is 2.17. The van der Waals surface area contributed by atoms with E-state index in [2.05, 4.69) is 15.2 Å². The van der Waals surface area contributed by atoms with E-state index in [4.69, 9.17) is 4.52 Å². The van der Waals surface area contributed by atoms with E-state index in [0.717, 1.165) is 5.69 Å². The fraction of sp³-hybridized carbons (Fsp3) is 0.455. The number of hydrogen-bond donors (Lipinski definition) is 0. The molecule has 2 aromatic heterocycles. The van der Waals surface area contributed by atoms with Crippen LogP contribution in [0.3, 0.4) is 0 Å². The molecule has 0 aliphatic rings. The zero-order valence-corrected chi connectivity index (χ0v) is 10.4. The molecule has 0 unspecified atom stereocenters. The highest BCUT2D eigenvalue weighted by Gasteiger charge is 2.19. The quantitative estimate of drug-likeness (QED) is 0.786. The molecule has 0 spiro atoms. The predicted octanol–water partition coefficient (Wildman–Crippen LogP) is 0.876. The van der Waals surface area contributed by atoms with Gasteiger partial charge in [0.2, 0.25) is 5.91 Å². The van der Waals surface area contributed by atoms with Crippen molar-refractivity contribution in [1.29, 1.82) is 0 Å². The Morgan fingerprint density at radius 3 is 3.06 bits per heavy atom. The van der Waals surface area contributed by atoms with Gasteiger partial charge >= 0.3 is 0 Å². The summed E-state index contributed by atoms with van der Waals surface area (Å²) in [5.41, 5.74) is 0.742. The molecule has 1 atom stereocenters. The molecule has 7 nitrogen and oxygen atoms in total. The van der Waals surface area contributed by atoms with Crippen molar-refractivity contribution in [3.8, 4) is 0 Å². The fourth-order valence-electron chi connectivity index (χ4n) is 1.59. The molecule has 0 saturated carbocycles. The van der Waals surface area contributed by atoms with E-state index in [1.807, 2.05) is 6.92 Å². The lowest BCUT2D eigenvalue weighted by atomic mass is 10.2. The molecule has 7 heteroatoms. The van der Waals surface area contributed by atoms with Gasteiger partial charge in [-0.05, 0) is 6.92 Å². The van der Waals surface area contributed by atoms with Crippen molar-refractivity contribution < 1.29 is 9.32 Å². The van der Waals surface area contributed by atoms with Crippen LogP contribution in [0.1, 0.15) is 25.1 Å². The Hall–Kier alpha value is -2.18. The third-order valence-electron chi connectivity index (χ3n) is 2.88. The third-order valence-corrected chi connectivity index (χ3v) is 2.88. The third kappa shape index (κ3) is 2.73. The van der Waals surface area contributed by atoms with Gasteiger partial charge in [-0.1, -0.05) is 5.16 Å². The topological polar surface area (TPSA) is 77.0 Å². The van der Waals surface area contributed by atoms with Crippen molar-refractivity contribution in [3.63, 3.8) is 0 Å². The van der Waals surface area contributed by atoms with Gasteiger partial charge in [-0.2, -0.15) is 5.10 Å². The summed E-state index contributed by atoms with van der Waals surface area (Å²) in [6.45, 7) is 2.43. The van der Waals surface area contributed by atoms with Crippen molar-refractivity contribution in [1.82, 2.24) is 24.8 Å². The van der Waals surface area contributed by atoms with Crippen molar-refractivity contribution in [2.45, 2.75) is 25.9 Å². The van der Waals surface area contributed by atoms with Crippen LogP contribution in [0.25, 0.3) is 0 Å². The van der Waals surface area contributed by atoms with Gasteiger partial charge in [0, 0.05) is 19.5 Å². The summed E-state index contributed by atoms with van der Waals surface area (Å²) in [4.78, 5) is 17.5. The monoisotopic (exact) mass is 249 g/mol. The van der Waals surface area contributed by atoms with E-state index in [1.165, 1.54) is 12.6 Å². The van der Waals surface area contributed by atoms with Crippen LogP contribution >= 0.6 is 0 Å². The highest BCUT2D eigenvalue weighted by atomic mass is 16.5. The lowest BCUT2D eigenvalue weighted by molar-refractivity contribution is -0.132. The van der Waals surface area contributed by atoms with E-state index in [1.54, 1.807) is 29.0 Å². The first kappa shape index (κ1) is 12.3. The fourth-order valence-corrected chi connectivity index (χ4v) is 1.59. The molecule has 2 rings (SSSR count). The summed E-state index contributed by atoms with van der Waals surface area (Å²) in [7, 11) is 1.75. The van der Waals surface area contributed by atoms with Gasteiger partial charge in [-0.25, -0.2) is 4.98 Å². The van der Waals surface area contributed by atoms with Crippen LogP contribution in [0.2, 0.25) is 0 Å². The molecule has 0 saturated heterocycles. The molecular formula is C11H15N5O2. The number of carbonyl (C=O) groups excluding carboxylic acids is 1. The first-order valence-electron chi connectivity index (χ1n) is 5.67. The number of hydrogen-bond acceptors (Lipinski definition) is 5. The van der Waals surface area contributed by atoms with Crippen LogP contribution in [0.15, 0.2) is 29.5 Å². The average molecular weight is 249 g/mol. The summed E-state index contributed by atoms with van der Waals surface area (Å²) >= 11 is 0. The van der Waals surface area contributed by atoms with Crippen molar-refractivity contribution >= 4 is 5.91 Å². The summed E-state index contributed by atoms with van der Waals surface area (Å²) in [5.74, 6) is 0.0287. The van der Waals surface area contributed by atoms with Gasteiger partial charge in [-0.15, -0.1) is 0 Å². The highest BCUT2D eigenvalue weighted by molar-refractivity contribution is 5.76. The van der Waals surface area contributed by atoms with Crippen LogP contribution in [0.4, 0.5) is 0 Å². The van der Waals surface area contributed by atoms with Gasteiger partial charge < -0.3 is 9.42 Å². The molecule has 2 heterocycles. The lowest BCUT2D eigenvalue weighted by Gasteiger charge is -2.23. The summed E-state index contributed by atoms with van der Waals surface area (Å²) in [6, 6.07) is 1.65. The minimum Gasteiger partial charge on any atom is -0.364 e. The minimum absolute atomic E-state index is 0.0287. The number of aromatic nitrogens is 4. The average Bonchev–Trinajstić information content (AvgIpc) is 3.06. The molecule has 2 aromatic rings. The molecule has 0 aliphatic heterocycles. The number of aryl methyl sites for hydroxylation is 1. The van der Waals surface area contributed by atoms with Crippen LogP contribution in [0, 0.1) is 0 Å². The normalized spacial score (nSPS) is 12.3. The molecule has 0 aromatic carbocycles. The van der Waals surface area contributed by atoms with Crippen molar-refractivity contribution in [3.05, 3.63) is 30.7 Å². The first-order valence-corrected chi connectivity index (χ1v) is 5.67. The Labute approximate surface area is 104 Å². The van der Waals surface area contributed by atoms with E-state index >= 15 is 0 Å². The molecule has 0 aliphatic carbocycles. The molecule has 0 radical (unpaired) electrons. The van der Waals surface area contributed by atoms with Crippen molar-refractivity contribution in [2.75, 3.05) is 7.05 Å². The maximum atomic E-state index is 12.0. The van der Waals surface area contributed by atoms with Gasteiger partial charge in [0.1, 0.15) is 24.6 Å². The minimum atomic E-state index is -0.105. The van der Waals surface area contributed by atoms with Gasteiger partial charge in [0.15, 0.2) is 0 Å². The van der Waals surface area contributed by atoms with Gasteiger partial charge in [0.25, 0.3) is 0 Å². The van der Waals surface area contributed by atoms with Crippen LogP contribution in [0.5, 0.6) is 0 Å². The van der Waals surface area contributed by atoms with E-state index < -0.39 is 0 Å². The van der Waals surface area contributed by atoms with E-state index in [0.29, 0.717) is 13.0 Å². The van der Waals surface area contributed by atoms with Gasteiger partial charge in [-0.3, -0.25) is 9.48 Å². The first-order chi connectivity index (χ1) is 8.68. The second-order valence-corrected chi connectivity index (χ2v) is 4.01. The molecule has 1 amide bonds. The predicted molar refractivity (Wildman–Crippen MR) is 62.3 cm³/mol. The van der Waals surface area contributed by atoms with Crippen LogP contribution in [-0.4, -0.2) is 37.8 Å². The number of amides is 1. The van der Waals surface area contributed by atoms with E-state index in [9.17, 15) is 4.79 Å². The Balaban J connectivity index is 1.88. The number of rotatable bonds is 5. The maximum absolute atomic E-state index is 12.0. The number of carbonyl (C=O) groups is 1. The maximum Gasteiger partial charge on any atom is 0.224 e. The molecule has 0 fully saturated rings. The molecular weight excluding hydrogens is 234 g/mol. The smallest absolute Gasteiger partial charge is 0.224 e. The second kappa shape index (κ2) is 5.44. The Kier molecular flexibility index (Phi) is 3.71. The second-order valence-electron chi connectivity index (χ2n) is 4.01. The van der Waals surface area contributed by atoms with Crippen LogP contribution < -0.4 is 0 Å². The van der Waals surface area contributed by atoms with Crippen LogP contribution in [-0.2, 0) is 11.3 Å². The summed E-state index contributed by atoms with van der Waals surface area (Å²) < 4.78 is 6.41. The molecule has 0 N–H and O–H groups in total. The Morgan fingerprint density at radius 2 is 2.44 bits per heavy atom. The standard InChI is InChI=1S/C11H15N5O2/c1-9(10-4-6-18-14-10)15(2)11(17)3-5-16-8-12-7-13-16/h4,6-9H,3,5H2,1-2H3/t9-/m0/s1. The van der Waals surface area contributed by atoms with Crippen molar-refractivity contribution in [2.24, 2.45) is 0 Å². The lowest BCUT2D eigenvalue weighted by Crippen LogP contribution is -2.30. The van der Waals surface area contributed by atoms with Gasteiger partial charge in [0.05, 0.1) is 12.6 Å². The summed E-state index contributed by atoms with van der Waals surface area (Å²) in [5, 5.41) is 7.78.